The topological polar surface area (TPSA) is 111 Å². The number of anilines is 1. The first-order valence-corrected chi connectivity index (χ1v) is 10.3. The Hall–Kier alpha value is -3.48. The number of benzene rings is 2. The van der Waals surface area contributed by atoms with Gasteiger partial charge in [0.15, 0.2) is 0 Å². The van der Waals surface area contributed by atoms with Crippen LogP contribution in [0.5, 0.6) is 23.3 Å². The number of aromatic nitrogens is 1. The van der Waals surface area contributed by atoms with E-state index in [1.807, 2.05) is 6.07 Å². The molecule has 0 unspecified atom stereocenters. The van der Waals surface area contributed by atoms with E-state index >= 15 is 0 Å². The maximum Gasteiger partial charge on any atom is 0.262 e. The number of halogens is 1. The van der Waals surface area contributed by atoms with Crippen LogP contribution >= 0.6 is 11.6 Å². The SMILES string of the molecule is COc1ccc(NS(=O)(=O)c2ccc(Oc3cccc(Cl)c3C#N)cc2)c(OC)n1. The molecule has 0 aliphatic heterocycles. The lowest BCUT2D eigenvalue weighted by atomic mass is 10.2. The maximum atomic E-state index is 12.7. The maximum absolute atomic E-state index is 12.7. The molecule has 3 rings (SSSR count). The number of hydrogen-bond donors (Lipinski definition) is 1. The first kappa shape index (κ1) is 21.2. The summed E-state index contributed by atoms with van der Waals surface area (Å²) in [5, 5.41) is 9.48. The molecular formula is C20H16ClN3O5S. The summed E-state index contributed by atoms with van der Waals surface area (Å²) in [6.45, 7) is 0. The third-order valence-electron chi connectivity index (χ3n) is 3.93. The third-order valence-corrected chi connectivity index (χ3v) is 5.63. The van der Waals surface area contributed by atoms with E-state index in [0.717, 1.165) is 0 Å². The molecular weight excluding hydrogens is 430 g/mol. The first-order chi connectivity index (χ1) is 14.4. The predicted molar refractivity (Wildman–Crippen MR) is 111 cm³/mol. The minimum atomic E-state index is -3.91. The number of nitriles is 1. The van der Waals surface area contributed by atoms with Crippen molar-refractivity contribution >= 4 is 27.3 Å². The average Bonchev–Trinajstić information content (AvgIpc) is 2.74. The zero-order valence-corrected chi connectivity index (χ0v) is 17.5. The van der Waals surface area contributed by atoms with Crippen molar-refractivity contribution in [3.8, 4) is 29.3 Å². The highest BCUT2D eigenvalue weighted by atomic mass is 35.5. The molecule has 0 spiro atoms. The quantitative estimate of drug-likeness (QED) is 0.579. The minimum Gasteiger partial charge on any atom is -0.481 e. The molecule has 3 aromatic rings. The zero-order chi connectivity index (χ0) is 21.7. The molecule has 0 amide bonds. The molecule has 2 aromatic carbocycles. The fraction of sp³-hybridized carbons (Fsp3) is 0.100. The summed E-state index contributed by atoms with van der Waals surface area (Å²) in [5.74, 6) is 0.973. The lowest BCUT2D eigenvalue weighted by Crippen LogP contribution is -2.14. The predicted octanol–water partition coefficient (Wildman–Crippen LogP) is 4.22. The molecule has 0 saturated heterocycles. The Morgan fingerprint density at radius 3 is 2.40 bits per heavy atom. The number of methoxy groups -OCH3 is 2. The molecule has 8 nitrogen and oxygen atoms in total. The minimum absolute atomic E-state index is 0.000628. The summed E-state index contributed by atoms with van der Waals surface area (Å²) < 4.78 is 43.6. The second-order valence-electron chi connectivity index (χ2n) is 5.81. The molecule has 0 aliphatic rings. The fourth-order valence-electron chi connectivity index (χ4n) is 2.49. The van der Waals surface area contributed by atoms with E-state index < -0.39 is 10.0 Å². The van der Waals surface area contributed by atoms with E-state index in [-0.39, 0.29) is 38.7 Å². The van der Waals surface area contributed by atoms with Gasteiger partial charge in [0.05, 0.1) is 24.1 Å². The van der Waals surface area contributed by atoms with Crippen molar-refractivity contribution in [2.45, 2.75) is 4.90 Å². The van der Waals surface area contributed by atoms with Crippen LogP contribution in [0, 0.1) is 11.3 Å². The molecule has 1 N–H and O–H groups in total. The summed E-state index contributed by atoms with van der Waals surface area (Å²) in [6.07, 6.45) is 0. The van der Waals surface area contributed by atoms with Crippen LogP contribution in [0.1, 0.15) is 5.56 Å². The Morgan fingerprint density at radius 2 is 1.77 bits per heavy atom. The lowest BCUT2D eigenvalue weighted by molar-refractivity contribution is 0.366. The van der Waals surface area contributed by atoms with Crippen LogP contribution < -0.4 is 18.9 Å². The molecule has 1 aromatic heterocycles. The van der Waals surface area contributed by atoms with Crippen molar-refractivity contribution in [2.75, 3.05) is 18.9 Å². The molecule has 0 atom stereocenters. The van der Waals surface area contributed by atoms with Crippen LogP contribution in [-0.4, -0.2) is 27.6 Å². The molecule has 0 saturated carbocycles. The van der Waals surface area contributed by atoms with Crippen molar-refractivity contribution in [1.82, 2.24) is 4.98 Å². The normalized spacial score (nSPS) is 10.7. The summed E-state index contributed by atoms with van der Waals surface area (Å²) in [7, 11) is -1.10. The van der Waals surface area contributed by atoms with Gasteiger partial charge in [-0.15, -0.1) is 0 Å². The molecule has 1 heterocycles. The van der Waals surface area contributed by atoms with E-state index in [4.69, 9.17) is 25.8 Å². The van der Waals surface area contributed by atoms with E-state index in [2.05, 4.69) is 9.71 Å². The molecule has 0 bridgehead atoms. The molecule has 0 aliphatic carbocycles. The lowest BCUT2D eigenvalue weighted by Gasteiger charge is -2.12. The summed E-state index contributed by atoms with van der Waals surface area (Å²) in [4.78, 5) is 4.04. The van der Waals surface area contributed by atoms with Gasteiger partial charge in [0.2, 0.25) is 11.8 Å². The van der Waals surface area contributed by atoms with Crippen LogP contribution in [-0.2, 0) is 10.0 Å². The van der Waals surface area contributed by atoms with E-state index in [0.29, 0.717) is 5.75 Å². The highest BCUT2D eigenvalue weighted by Gasteiger charge is 2.18. The molecule has 154 valence electrons. The fourth-order valence-corrected chi connectivity index (χ4v) is 3.75. The average molecular weight is 446 g/mol. The van der Waals surface area contributed by atoms with Crippen LogP contribution in [0.15, 0.2) is 59.5 Å². The Balaban J connectivity index is 1.82. The summed E-state index contributed by atoms with van der Waals surface area (Å²) >= 11 is 5.99. The van der Waals surface area contributed by atoms with Gasteiger partial charge in [0, 0.05) is 6.07 Å². The highest BCUT2D eigenvalue weighted by Crippen LogP contribution is 2.31. The van der Waals surface area contributed by atoms with Crippen molar-refractivity contribution in [3.63, 3.8) is 0 Å². The Morgan fingerprint density at radius 1 is 1.03 bits per heavy atom. The Labute approximate surface area is 178 Å². The standard InChI is InChI=1S/C20H16ClN3O5S/c1-27-19-11-10-17(20(23-19)28-2)24-30(25,26)14-8-6-13(7-9-14)29-18-5-3-4-16(21)15(18)12-22/h3-11,24H,1-2H3. The second-order valence-corrected chi connectivity index (χ2v) is 7.90. The van der Waals surface area contributed by atoms with Gasteiger partial charge in [-0.1, -0.05) is 17.7 Å². The number of hydrogen-bond acceptors (Lipinski definition) is 7. The van der Waals surface area contributed by atoms with Gasteiger partial charge >= 0.3 is 0 Å². The Bertz CT molecular complexity index is 1210. The van der Waals surface area contributed by atoms with Crippen LogP contribution in [0.4, 0.5) is 5.69 Å². The second kappa shape index (κ2) is 8.90. The van der Waals surface area contributed by atoms with Gasteiger partial charge in [-0.2, -0.15) is 10.2 Å². The molecule has 30 heavy (non-hydrogen) atoms. The zero-order valence-electron chi connectivity index (χ0n) is 15.9. The summed E-state index contributed by atoms with van der Waals surface area (Å²) in [5.41, 5.74) is 0.354. The number of rotatable bonds is 7. The van der Waals surface area contributed by atoms with Crippen molar-refractivity contribution < 1.29 is 22.6 Å². The van der Waals surface area contributed by atoms with Crippen LogP contribution in [0.3, 0.4) is 0 Å². The number of nitrogens with zero attached hydrogens (tertiary/aromatic N) is 2. The largest absolute Gasteiger partial charge is 0.481 e. The van der Waals surface area contributed by atoms with Crippen LogP contribution in [0.2, 0.25) is 5.02 Å². The van der Waals surface area contributed by atoms with Crippen molar-refractivity contribution in [2.24, 2.45) is 0 Å². The van der Waals surface area contributed by atoms with Gasteiger partial charge in [-0.3, -0.25) is 4.72 Å². The number of ether oxygens (including phenoxy) is 3. The van der Waals surface area contributed by atoms with Crippen molar-refractivity contribution in [3.05, 3.63) is 65.2 Å². The van der Waals surface area contributed by atoms with E-state index in [9.17, 15) is 13.7 Å². The van der Waals surface area contributed by atoms with Gasteiger partial charge in [0.25, 0.3) is 10.0 Å². The van der Waals surface area contributed by atoms with Gasteiger partial charge in [-0.05, 0) is 42.5 Å². The molecule has 10 heteroatoms. The molecule has 0 radical (unpaired) electrons. The number of sulfonamides is 1. The first-order valence-electron chi connectivity index (χ1n) is 8.46. The van der Waals surface area contributed by atoms with Gasteiger partial charge in [0.1, 0.15) is 28.8 Å². The smallest absolute Gasteiger partial charge is 0.262 e. The Kier molecular flexibility index (Phi) is 6.30. The number of pyridine rings is 1. The monoisotopic (exact) mass is 445 g/mol. The van der Waals surface area contributed by atoms with Crippen molar-refractivity contribution in [1.29, 1.82) is 5.26 Å². The summed E-state index contributed by atoms with van der Waals surface area (Å²) in [6, 6.07) is 15.5. The van der Waals surface area contributed by atoms with Gasteiger partial charge < -0.3 is 14.2 Å². The molecule has 0 fully saturated rings. The van der Waals surface area contributed by atoms with E-state index in [1.54, 1.807) is 18.2 Å². The van der Waals surface area contributed by atoms with Crippen LogP contribution in [0.25, 0.3) is 0 Å². The third kappa shape index (κ3) is 4.56. The van der Waals surface area contributed by atoms with Gasteiger partial charge in [-0.25, -0.2) is 8.42 Å². The number of nitrogens with one attached hydrogen (secondary N) is 1. The van der Waals surface area contributed by atoms with E-state index in [1.165, 1.54) is 50.6 Å². The highest BCUT2D eigenvalue weighted by molar-refractivity contribution is 7.92.